The van der Waals surface area contributed by atoms with E-state index in [0.29, 0.717) is 12.2 Å². The Morgan fingerprint density at radius 3 is 2.28 bits per heavy atom. The first-order valence-corrected chi connectivity index (χ1v) is 12.2. The fourth-order valence-corrected chi connectivity index (χ4v) is 4.71. The molecule has 0 saturated carbocycles. The average molecular weight is 520 g/mol. The first-order chi connectivity index (χ1) is 17.1. The molecule has 0 radical (unpaired) electrons. The van der Waals surface area contributed by atoms with Gasteiger partial charge in [-0.2, -0.15) is 22.6 Å². The number of hydrogen-bond donors (Lipinski definition) is 1. The van der Waals surface area contributed by atoms with Gasteiger partial charge < -0.3 is 4.74 Å². The lowest BCUT2D eigenvalue weighted by Crippen LogP contribution is -2.40. The third-order valence-electron chi connectivity index (χ3n) is 5.17. The number of amides is 1. The quantitative estimate of drug-likeness (QED) is 0.323. The molecule has 0 atom stereocenters. The lowest BCUT2D eigenvalue weighted by atomic mass is 10.1. The number of sulfonamides is 1. The third kappa shape index (κ3) is 7.15. The summed E-state index contributed by atoms with van der Waals surface area (Å²) in [5, 5.41) is 3.60. The summed E-state index contributed by atoms with van der Waals surface area (Å²) in [5.74, 6) is -0.336. The van der Waals surface area contributed by atoms with Crippen LogP contribution in [-0.4, -0.2) is 45.0 Å². The predicted molar refractivity (Wildman–Crippen MR) is 129 cm³/mol. The SMILES string of the molecule is COc1ccc(S(=O)(=O)N(CCc2ccccc2)CC(=O)NN=Cc2ccccc2C(F)(F)F)cc1. The van der Waals surface area contributed by atoms with E-state index in [9.17, 15) is 26.4 Å². The maximum Gasteiger partial charge on any atom is 0.417 e. The van der Waals surface area contributed by atoms with E-state index in [4.69, 9.17) is 4.74 Å². The van der Waals surface area contributed by atoms with E-state index >= 15 is 0 Å². The molecule has 7 nitrogen and oxygen atoms in total. The molecule has 0 unspecified atom stereocenters. The molecule has 1 amide bonds. The van der Waals surface area contributed by atoms with Crippen molar-refractivity contribution >= 4 is 22.1 Å². The van der Waals surface area contributed by atoms with Crippen LogP contribution in [0.4, 0.5) is 13.2 Å². The van der Waals surface area contributed by atoms with Gasteiger partial charge in [-0.3, -0.25) is 4.79 Å². The lowest BCUT2D eigenvalue weighted by molar-refractivity contribution is -0.137. The topological polar surface area (TPSA) is 88.1 Å². The molecule has 3 aromatic carbocycles. The van der Waals surface area contributed by atoms with Crippen molar-refractivity contribution in [3.05, 3.63) is 95.6 Å². The second-order valence-corrected chi connectivity index (χ2v) is 9.57. The van der Waals surface area contributed by atoms with Crippen LogP contribution in [0.1, 0.15) is 16.7 Å². The number of ether oxygens (including phenoxy) is 1. The van der Waals surface area contributed by atoms with Crippen molar-refractivity contribution in [3.8, 4) is 5.75 Å². The number of hydrazone groups is 1. The lowest BCUT2D eigenvalue weighted by Gasteiger charge is -2.21. The van der Waals surface area contributed by atoms with Crippen LogP contribution in [0, 0.1) is 0 Å². The molecule has 0 saturated heterocycles. The Labute approximate surface area is 207 Å². The monoisotopic (exact) mass is 519 g/mol. The predicted octanol–water partition coefficient (Wildman–Crippen LogP) is 4.10. The Bertz CT molecular complexity index is 1300. The summed E-state index contributed by atoms with van der Waals surface area (Å²) in [4.78, 5) is 12.5. The van der Waals surface area contributed by atoms with E-state index < -0.39 is 34.2 Å². The highest BCUT2D eigenvalue weighted by molar-refractivity contribution is 7.89. The van der Waals surface area contributed by atoms with Crippen LogP contribution in [0.15, 0.2) is 88.9 Å². The highest BCUT2D eigenvalue weighted by Gasteiger charge is 2.32. The van der Waals surface area contributed by atoms with Crippen molar-refractivity contribution in [2.45, 2.75) is 17.5 Å². The standard InChI is InChI=1S/C25H24F3N3O4S/c1-35-21-11-13-22(14-12-21)36(33,34)31(16-15-19-7-3-2-4-8-19)18-24(32)30-29-17-20-9-5-6-10-23(20)25(26,27)28/h2-14,17H,15-16,18H2,1H3,(H,30,32). The van der Waals surface area contributed by atoms with E-state index in [2.05, 4.69) is 10.5 Å². The van der Waals surface area contributed by atoms with Crippen LogP contribution in [0.3, 0.4) is 0 Å². The van der Waals surface area contributed by atoms with Crippen molar-refractivity contribution in [2.75, 3.05) is 20.2 Å². The molecule has 0 aliphatic heterocycles. The van der Waals surface area contributed by atoms with Crippen LogP contribution in [-0.2, 0) is 27.4 Å². The van der Waals surface area contributed by atoms with Gasteiger partial charge in [0.2, 0.25) is 10.0 Å². The normalized spacial score (nSPS) is 12.1. The summed E-state index contributed by atoms with van der Waals surface area (Å²) in [6, 6.07) is 19.6. The minimum atomic E-state index is -4.59. The molecule has 0 fully saturated rings. The number of alkyl halides is 3. The molecule has 190 valence electrons. The summed E-state index contributed by atoms with van der Waals surface area (Å²) >= 11 is 0. The molecule has 0 spiro atoms. The smallest absolute Gasteiger partial charge is 0.417 e. The molecule has 0 bridgehead atoms. The van der Waals surface area contributed by atoms with Crippen LogP contribution in [0.2, 0.25) is 0 Å². The van der Waals surface area contributed by atoms with Crippen LogP contribution in [0.5, 0.6) is 5.75 Å². The number of halogens is 3. The van der Waals surface area contributed by atoms with Gasteiger partial charge >= 0.3 is 6.18 Å². The molecular formula is C25H24F3N3O4S. The second kappa shape index (κ2) is 11.8. The van der Waals surface area contributed by atoms with Gasteiger partial charge in [0.05, 0.1) is 30.3 Å². The number of rotatable bonds is 10. The van der Waals surface area contributed by atoms with E-state index in [1.165, 1.54) is 49.6 Å². The molecule has 0 aromatic heterocycles. The number of nitrogens with zero attached hydrogens (tertiary/aromatic N) is 2. The fourth-order valence-electron chi connectivity index (χ4n) is 3.32. The maximum atomic E-state index is 13.3. The Kier molecular flexibility index (Phi) is 8.83. The number of carbonyl (C=O) groups excluding carboxylic acids is 1. The van der Waals surface area contributed by atoms with Crippen LogP contribution < -0.4 is 10.2 Å². The van der Waals surface area contributed by atoms with Crippen molar-refractivity contribution in [2.24, 2.45) is 5.10 Å². The summed E-state index contributed by atoms with van der Waals surface area (Å²) < 4.78 is 72.0. The van der Waals surface area contributed by atoms with Crippen molar-refractivity contribution in [1.82, 2.24) is 9.73 Å². The number of carbonyl (C=O) groups is 1. The number of methoxy groups -OCH3 is 1. The summed E-state index contributed by atoms with van der Waals surface area (Å²) in [6.07, 6.45) is -3.38. The largest absolute Gasteiger partial charge is 0.497 e. The minimum Gasteiger partial charge on any atom is -0.497 e. The first kappa shape index (κ1) is 26.9. The van der Waals surface area contributed by atoms with Gasteiger partial charge in [0.15, 0.2) is 0 Å². The zero-order valence-electron chi connectivity index (χ0n) is 19.3. The average Bonchev–Trinajstić information content (AvgIpc) is 2.86. The molecule has 1 N–H and O–H groups in total. The van der Waals surface area contributed by atoms with E-state index in [0.717, 1.165) is 22.1 Å². The number of benzene rings is 3. The Morgan fingerprint density at radius 1 is 1.00 bits per heavy atom. The maximum absolute atomic E-state index is 13.3. The van der Waals surface area contributed by atoms with Crippen molar-refractivity contribution in [1.29, 1.82) is 0 Å². The van der Waals surface area contributed by atoms with Crippen LogP contribution in [0.25, 0.3) is 0 Å². The third-order valence-corrected chi connectivity index (χ3v) is 7.03. The summed E-state index contributed by atoms with van der Waals surface area (Å²) in [5.41, 5.74) is 1.84. The highest BCUT2D eigenvalue weighted by atomic mass is 32.2. The Balaban J connectivity index is 1.77. The number of hydrogen-bond acceptors (Lipinski definition) is 5. The van der Waals surface area contributed by atoms with E-state index in [1.807, 2.05) is 30.3 Å². The first-order valence-electron chi connectivity index (χ1n) is 10.8. The summed E-state index contributed by atoms with van der Waals surface area (Å²) in [6.45, 7) is -0.591. The molecular weight excluding hydrogens is 495 g/mol. The second-order valence-electron chi connectivity index (χ2n) is 7.63. The highest BCUT2D eigenvalue weighted by Crippen LogP contribution is 2.31. The fraction of sp³-hybridized carbons (Fsp3) is 0.200. The molecule has 11 heteroatoms. The zero-order chi connectivity index (χ0) is 26.2. The summed E-state index contributed by atoms with van der Waals surface area (Å²) in [7, 11) is -2.63. The molecule has 0 heterocycles. The van der Waals surface area contributed by atoms with Gasteiger partial charge in [0, 0.05) is 12.1 Å². The minimum absolute atomic E-state index is 0.00752. The van der Waals surface area contributed by atoms with E-state index in [-0.39, 0.29) is 17.0 Å². The number of nitrogens with one attached hydrogen (secondary N) is 1. The molecule has 3 rings (SSSR count). The zero-order valence-corrected chi connectivity index (χ0v) is 20.1. The van der Waals surface area contributed by atoms with Gasteiger partial charge in [-0.25, -0.2) is 13.8 Å². The molecule has 3 aromatic rings. The van der Waals surface area contributed by atoms with Gasteiger partial charge in [-0.1, -0.05) is 48.5 Å². The van der Waals surface area contributed by atoms with Gasteiger partial charge in [-0.15, -0.1) is 0 Å². The van der Waals surface area contributed by atoms with E-state index in [1.54, 1.807) is 0 Å². The van der Waals surface area contributed by atoms with Gasteiger partial charge in [0.25, 0.3) is 5.91 Å². The van der Waals surface area contributed by atoms with Gasteiger partial charge in [-0.05, 0) is 42.3 Å². The molecule has 36 heavy (non-hydrogen) atoms. The van der Waals surface area contributed by atoms with Crippen molar-refractivity contribution in [3.63, 3.8) is 0 Å². The molecule has 0 aliphatic carbocycles. The van der Waals surface area contributed by atoms with Gasteiger partial charge in [0.1, 0.15) is 5.75 Å². The van der Waals surface area contributed by atoms with Crippen molar-refractivity contribution < 1.29 is 31.1 Å². The van der Waals surface area contributed by atoms with Crippen LogP contribution >= 0.6 is 0 Å². The molecule has 0 aliphatic rings. The Morgan fingerprint density at radius 2 is 1.64 bits per heavy atom. The Hall–Kier alpha value is -3.70.